The molecule has 1 fully saturated rings. The number of fused-ring (bicyclic) bond motifs is 1. The number of rotatable bonds is 1. The fourth-order valence-electron chi connectivity index (χ4n) is 2.07. The topological polar surface area (TPSA) is 38.2 Å². The zero-order valence-electron chi connectivity index (χ0n) is 8.48. The van der Waals surface area contributed by atoms with E-state index in [2.05, 4.69) is 14.9 Å². The number of likely N-dealkylation sites (N-methyl/N-ethyl adjacent to an activating group) is 1. The molecule has 5 heteroatoms. The van der Waals surface area contributed by atoms with E-state index in [0.29, 0.717) is 6.04 Å². The van der Waals surface area contributed by atoms with E-state index in [4.69, 9.17) is 16.3 Å². The number of anilines is 1. The molecule has 1 saturated carbocycles. The van der Waals surface area contributed by atoms with Gasteiger partial charge in [-0.3, -0.25) is 0 Å². The Morgan fingerprint density at radius 2 is 2.33 bits per heavy atom. The molecule has 3 rings (SSSR count). The molecule has 0 spiro atoms. The molecular weight excluding hydrogens is 214 g/mol. The van der Waals surface area contributed by atoms with E-state index >= 15 is 0 Å². The Morgan fingerprint density at radius 3 is 3.07 bits per heavy atom. The van der Waals surface area contributed by atoms with Gasteiger partial charge in [-0.2, -0.15) is 4.98 Å². The second kappa shape index (κ2) is 3.23. The summed E-state index contributed by atoms with van der Waals surface area (Å²) in [6, 6.07) is 0.448. The van der Waals surface area contributed by atoms with Crippen molar-refractivity contribution in [1.29, 1.82) is 0 Å². The van der Waals surface area contributed by atoms with Crippen LogP contribution in [0.1, 0.15) is 12.8 Å². The van der Waals surface area contributed by atoms with Crippen molar-refractivity contribution >= 4 is 17.4 Å². The zero-order chi connectivity index (χ0) is 10.4. The van der Waals surface area contributed by atoms with Crippen LogP contribution in [0.15, 0.2) is 6.20 Å². The molecule has 1 atom stereocenters. The quantitative estimate of drug-likeness (QED) is 0.683. The average Bonchev–Trinajstić information content (AvgIpc) is 3.03. The van der Waals surface area contributed by atoms with Crippen molar-refractivity contribution in [3.63, 3.8) is 0 Å². The standard InChI is InChI=1S/C10H12ClN3O/c1-14-7(6-2-3-6)5-15-8-4-12-10(11)13-9(8)14/h4,6-7H,2-3,5H2,1H3/t7-/m1/s1. The van der Waals surface area contributed by atoms with E-state index in [-0.39, 0.29) is 5.28 Å². The normalized spacial score (nSPS) is 24.7. The molecule has 1 aromatic heterocycles. The van der Waals surface area contributed by atoms with Crippen LogP contribution >= 0.6 is 11.6 Å². The van der Waals surface area contributed by atoms with Gasteiger partial charge in [-0.05, 0) is 30.4 Å². The van der Waals surface area contributed by atoms with Crippen LogP contribution < -0.4 is 9.64 Å². The summed E-state index contributed by atoms with van der Waals surface area (Å²) < 4.78 is 5.64. The molecule has 0 amide bonds. The van der Waals surface area contributed by atoms with Crippen molar-refractivity contribution < 1.29 is 4.74 Å². The highest BCUT2D eigenvalue weighted by Crippen LogP contribution is 2.41. The van der Waals surface area contributed by atoms with E-state index in [9.17, 15) is 0 Å². The Labute approximate surface area is 93.2 Å². The lowest BCUT2D eigenvalue weighted by molar-refractivity contribution is 0.250. The van der Waals surface area contributed by atoms with Gasteiger partial charge in [0.25, 0.3) is 0 Å². The first-order chi connectivity index (χ1) is 7.25. The SMILES string of the molecule is CN1c2nc(Cl)ncc2OC[C@@H]1C1CC1. The fourth-order valence-corrected chi connectivity index (χ4v) is 2.20. The van der Waals surface area contributed by atoms with Crippen LogP contribution in [0.5, 0.6) is 5.75 Å². The summed E-state index contributed by atoms with van der Waals surface area (Å²) >= 11 is 5.78. The van der Waals surface area contributed by atoms with Crippen LogP contribution in [0.4, 0.5) is 5.82 Å². The molecule has 0 radical (unpaired) electrons. The van der Waals surface area contributed by atoms with Crippen molar-refractivity contribution in [1.82, 2.24) is 9.97 Å². The van der Waals surface area contributed by atoms with Crippen LogP contribution in [0.3, 0.4) is 0 Å². The van der Waals surface area contributed by atoms with E-state index in [0.717, 1.165) is 24.1 Å². The third-order valence-electron chi connectivity index (χ3n) is 3.11. The minimum Gasteiger partial charge on any atom is -0.486 e. The summed E-state index contributed by atoms with van der Waals surface area (Å²) in [5, 5.41) is 0.278. The highest BCUT2D eigenvalue weighted by molar-refractivity contribution is 6.28. The maximum Gasteiger partial charge on any atom is 0.224 e. The second-order valence-electron chi connectivity index (χ2n) is 4.15. The van der Waals surface area contributed by atoms with Gasteiger partial charge in [0.15, 0.2) is 11.6 Å². The van der Waals surface area contributed by atoms with E-state index in [1.165, 1.54) is 12.8 Å². The third kappa shape index (κ3) is 1.53. The fraction of sp³-hybridized carbons (Fsp3) is 0.600. The molecule has 0 N–H and O–H groups in total. The first-order valence-corrected chi connectivity index (χ1v) is 5.51. The molecular formula is C10H12ClN3O. The van der Waals surface area contributed by atoms with Gasteiger partial charge in [-0.25, -0.2) is 4.98 Å². The first-order valence-electron chi connectivity index (χ1n) is 5.14. The maximum absolute atomic E-state index is 5.78. The van der Waals surface area contributed by atoms with E-state index < -0.39 is 0 Å². The molecule has 2 aliphatic rings. The third-order valence-corrected chi connectivity index (χ3v) is 3.30. The minimum atomic E-state index is 0.278. The number of hydrogen-bond acceptors (Lipinski definition) is 4. The highest BCUT2D eigenvalue weighted by Gasteiger charge is 2.38. The monoisotopic (exact) mass is 225 g/mol. The number of hydrogen-bond donors (Lipinski definition) is 0. The molecule has 2 heterocycles. The molecule has 4 nitrogen and oxygen atoms in total. The van der Waals surface area contributed by atoms with Gasteiger partial charge in [0.2, 0.25) is 5.28 Å². The summed E-state index contributed by atoms with van der Waals surface area (Å²) in [6.07, 6.45) is 4.24. The molecule has 0 bridgehead atoms. The Balaban J connectivity index is 1.96. The Bertz CT molecular complexity index is 394. The van der Waals surface area contributed by atoms with Gasteiger partial charge in [0, 0.05) is 7.05 Å². The maximum atomic E-state index is 5.78. The van der Waals surface area contributed by atoms with Crippen LogP contribution in [-0.2, 0) is 0 Å². The lowest BCUT2D eigenvalue weighted by Gasteiger charge is -2.34. The molecule has 80 valence electrons. The second-order valence-corrected chi connectivity index (χ2v) is 4.49. The molecule has 1 aromatic rings. The van der Waals surface area contributed by atoms with E-state index in [1.807, 2.05) is 7.05 Å². The van der Waals surface area contributed by atoms with Crippen LogP contribution in [-0.4, -0.2) is 29.7 Å². The van der Waals surface area contributed by atoms with Crippen molar-refractivity contribution in [2.24, 2.45) is 5.92 Å². The number of aromatic nitrogens is 2. The smallest absolute Gasteiger partial charge is 0.224 e. The average molecular weight is 226 g/mol. The van der Waals surface area contributed by atoms with Gasteiger partial charge >= 0.3 is 0 Å². The molecule has 0 saturated heterocycles. The Hall–Kier alpha value is -1.03. The van der Waals surface area contributed by atoms with Crippen LogP contribution in [0.25, 0.3) is 0 Å². The number of halogens is 1. The molecule has 1 aliphatic heterocycles. The van der Waals surface area contributed by atoms with Gasteiger partial charge < -0.3 is 9.64 Å². The van der Waals surface area contributed by atoms with E-state index in [1.54, 1.807) is 6.20 Å². The summed E-state index contributed by atoms with van der Waals surface area (Å²) in [6.45, 7) is 0.735. The summed E-state index contributed by atoms with van der Waals surface area (Å²) in [5.41, 5.74) is 0. The zero-order valence-corrected chi connectivity index (χ0v) is 9.24. The number of nitrogens with zero attached hydrogens (tertiary/aromatic N) is 3. The molecule has 0 unspecified atom stereocenters. The number of ether oxygens (including phenoxy) is 1. The van der Waals surface area contributed by atoms with Crippen molar-refractivity contribution in [3.05, 3.63) is 11.5 Å². The lowest BCUT2D eigenvalue weighted by Crippen LogP contribution is -2.42. The first kappa shape index (κ1) is 9.21. The van der Waals surface area contributed by atoms with Crippen molar-refractivity contribution in [3.8, 4) is 5.75 Å². The summed E-state index contributed by atoms with van der Waals surface area (Å²) in [7, 11) is 2.05. The minimum absolute atomic E-state index is 0.278. The predicted molar refractivity (Wildman–Crippen MR) is 57.5 cm³/mol. The molecule has 1 aliphatic carbocycles. The predicted octanol–water partition coefficient (Wildman–Crippen LogP) is 1.74. The van der Waals surface area contributed by atoms with Gasteiger partial charge in [-0.1, -0.05) is 0 Å². The molecule has 0 aromatic carbocycles. The summed E-state index contributed by atoms with van der Waals surface area (Å²) in [5.74, 6) is 2.31. The molecule has 15 heavy (non-hydrogen) atoms. The highest BCUT2D eigenvalue weighted by atomic mass is 35.5. The Kier molecular flexibility index (Phi) is 1.99. The van der Waals surface area contributed by atoms with Crippen LogP contribution in [0.2, 0.25) is 5.28 Å². The van der Waals surface area contributed by atoms with Gasteiger partial charge in [0.1, 0.15) is 6.61 Å². The van der Waals surface area contributed by atoms with Gasteiger partial charge in [-0.15, -0.1) is 0 Å². The van der Waals surface area contributed by atoms with Crippen molar-refractivity contribution in [2.45, 2.75) is 18.9 Å². The largest absolute Gasteiger partial charge is 0.486 e. The van der Waals surface area contributed by atoms with Crippen LogP contribution in [0, 0.1) is 5.92 Å². The van der Waals surface area contributed by atoms with Gasteiger partial charge in [0.05, 0.1) is 12.2 Å². The van der Waals surface area contributed by atoms with Crippen molar-refractivity contribution in [2.75, 3.05) is 18.6 Å². The summed E-state index contributed by atoms with van der Waals surface area (Å²) in [4.78, 5) is 10.3. The Morgan fingerprint density at radius 1 is 1.53 bits per heavy atom. The lowest BCUT2D eigenvalue weighted by atomic mass is 10.1.